The van der Waals surface area contributed by atoms with Crippen LogP contribution in [-0.2, 0) is 5.75 Å². The third-order valence-corrected chi connectivity index (χ3v) is 4.43. The molecule has 0 spiro atoms. The van der Waals surface area contributed by atoms with Crippen molar-refractivity contribution in [2.75, 3.05) is 11.1 Å². The molecule has 1 unspecified atom stereocenters. The average molecular weight is 266 g/mol. The van der Waals surface area contributed by atoms with Crippen molar-refractivity contribution in [2.45, 2.75) is 11.8 Å². The summed E-state index contributed by atoms with van der Waals surface area (Å²) >= 11 is 1.93. The van der Waals surface area contributed by atoms with E-state index in [1.807, 2.05) is 36.0 Å². The molecular formula is C16H14N2S. The number of nitrogens with zero attached hydrogens (tertiary/aromatic N) is 1. The van der Waals surface area contributed by atoms with E-state index in [1.54, 1.807) is 0 Å². The van der Waals surface area contributed by atoms with Gasteiger partial charge >= 0.3 is 0 Å². The summed E-state index contributed by atoms with van der Waals surface area (Å²) in [6.45, 7) is 0. The molecule has 0 aliphatic carbocycles. The molecule has 0 fully saturated rings. The lowest BCUT2D eigenvalue weighted by atomic mass is 10.0. The van der Waals surface area contributed by atoms with Crippen molar-refractivity contribution in [2.24, 2.45) is 0 Å². The van der Waals surface area contributed by atoms with E-state index < -0.39 is 0 Å². The van der Waals surface area contributed by atoms with Crippen molar-refractivity contribution in [1.29, 1.82) is 5.26 Å². The number of fused-ring (bicyclic) bond motifs is 1. The van der Waals surface area contributed by atoms with Gasteiger partial charge in [-0.1, -0.05) is 36.4 Å². The van der Waals surface area contributed by atoms with Crippen molar-refractivity contribution in [3.8, 4) is 6.07 Å². The molecule has 2 aromatic carbocycles. The highest BCUT2D eigenvalue weighted by atomic mass is 32.2. The summed E-state index contributed by atoms with van der Waals surface area (Å²) in [5.74, 6) is 2.12. The molecule has 3 rings (SSSR count). The van der Waals surface area contributed by atoms with E-state index in [0.717, 1.165) is 17.2 Å². The van der Waals surface area contributed by atoms with Gasteiger partial charge < -0.3 is 5.32 Å². The van der Waals surface area contributed by atoms with E-state index in [9.17, 15) is 0 Å². The van der Waals surface area contributed by atoms with Gasteiger partial charge in [-0.3, -0.25) is 0 Å². The Labute approximate surface area is 117 Å². The summed E-state index contributed by atoms with van der Waals surface area (Å²) in [5.41, 5.74) is 4.38. The predicted molar refractivity (Wildman–Crippen MR) is 80.1 cm³/mol. The van der Waals surface area contributed by atoms with Gasteiger partial charge in [0.25, 0.3) is 0 Å². The van der Waals surface area contributed by atoms with Gasteiger partial charge in [0.1, 0.15) is 6.07 Å². The number of anilines is 1. The van der Waals surface area contributed by atoms with Crippen LogP contribution in [0.1, 0.15) is 22.7 Å². The van der Waals surface area contributed by atoms with Gasteiger partial charge in [0.2, 0.25) is 0 Å². The molecule has 2 aromatic rings. The van der Waals surface area contributed by atoms with E-state index in [1.165, 1.54) is 11.1 Å². The molecule has 1 heterocycles. The molecule has 1 N–H and O–H groups in total. The van der Waals surface area contributed by atoms with Crippen LogP contribution in [0.2, 0.25) is 0 Å². The third kappa shape index (κ3) is 2.45. The molecule has 2 nitrogen and oxygen atoms in total. The second-order valence-corrected chi connectivity index (χ2v) is 5.60. The molecule has 1 aliphatic heterocycles. The number of hydrogen-bond donors (Lipinski definition) is 1. The summed E-state index contributed by atoms with van der Waals surface area (Å²) in [4.78, 5) is 0. The summed E-state index contributed by atoms with van der Waals surface area (Å²) in [6, 6.07) is 18.7. The second kappa shape index (κ2) is 5.38. The van der Waals surface area contributed by atoms with Crippen LogP contribution < -0.4 is 5.32 Å². The zero-order valence-corrected chi connectivity index (χ0v) is 11.3. The predicted octanol–water partition coefficient (Wildman–Crippen LogP) is 3.96. The SMILES string of the molecule is N#Cc1ccccc1NC1CSCc2ccccc21. The number of para-hydroxylation sites is 1. The highest BCUT2D eigenvalue weighted by molar-refractivity contribution is 7.98. The standard InChI is InChI=1S/C16H14N2S/c17-9-12-5-2-4-8-15(12)18-16-11-19-10-13-6-1-3-7-14(13)16/h1-8,16,18H,10-11H2. The second-order valence-electron chi connectivity index (χ2n) is 4.57. The lowest BCUT2D eigenvalue weighted by Crippen LogP contribution is -2.19. The minimum absolute atomic E-state index is 0.282. The van der Waals surface area contributed by atoms with E-state index in [-0.39, 0.29) is 6.04 Å². The average Bonchev–Trinajstić information content (AvgIpc) is 2.48. The summed E-state index contributed by atoms with van der Waals surface area (Å²) < 4.78 is 0. The Morgan fingerprint density at radius 2 is 1.89 bits per heavy atom. The van der Waals surface area contributed by atoms with Crippen molar-refractivity contribution in [3.63, 3.8) is 0 Å². The van der Waals surface area contributed by atoms with Crippen LogP contribution in [-0.4, -0.2) is 5.75 Å². The van der Waals surface area contributed by atoms with Crippen molar-refractivity contribution >= 4 is 17.4 Å². The van der Waals surface area contributed by atoms with Crippen LogP contribution in [0.5, 0.6) is 0 Å². The molecule has 0 radical (unpaired) electrons. The zero-order valence-electron chi connectivity index (χ0n) is 10.5. The van der Waals surface area contributed by atoms with Crippen LogP contribution >= 0.6 is 11.8 Å². The number of hydrogen-bond acceptors (Lipinski definition) is 3. The van der Waals surface area contributed by atoms with Crippen LogP contribution in [0, 0.1) is 11.3 Å². The molecule has 1 aliphatic rings. The summed E-state index contributed by atoms with van der Waals surface area (Å²) in [5, 5.41) is 12.7. The number of thioether (sulfide) groups is 1. The van der Waals surface area contributed by atoms with Gasteiger partial charge in [-0.2, -0.15) is 17.0 Å². The molecule has 0 saturated carbocycles. The molecule has 19 heavy (non-hydrogen) atoms. The minimum atomic E-state index is 0.282. The van der Waals surface area contributed by atoms with Crippen molar-refractivity contribution in [1.82, 2.24) is 0 Å². The maximum absolute atomic E-state index is 9.15. The molecule has 0 bridgehead atoms. The van der Waals surface area contributed by atoms with E-state index in [0.29, 0.717) is 5.56 Å². The molecular weight excluding hydrogens is 252 g/mol. The Hall–Kier alpha value is -1.92. The first-order chi connectivity index (χ1) is 9.38. The van der Waals surface area contributed by atoms with E-state index in [4.69, 9.17) is 5.26 Å². The largest absolute Gasteiger partial charge is 0.376 e. The Balaban J connectivity index is 1.91. The quantitative estimate of drug-likeness (QED) is 0.893. The fraction of sp³-hybridized carbons (Fsp3) is 0.188. The highest BCUT2D eigenvalue weighted by Gasteiger charge is 2.20. The molecule has 3 heteroatoms. The Morgan fingerprint density at radius 1 is 1.11 bits per heavy atom. The summed E-state index contributed by atoms with van der Waals surface area (Å²) in [6.07, 6.45) is 0. The first-order valence-electron chi connectivity index (χ1n) is 6.29. The first kappa shape index (κ1) is 12.1. The van der Waals surface area contributed by atoms with Crippen LogP contribution in [0.25, 0.3) is 0 Å². The van der Waals surface area contributed by atoms with Gasteiger partial charge in [-0.15, -0.1) is 0 Å². The van der Waals surface area contributed by atoms with E-state index >= 15 is 0 Å². The van der Waals surface area contributed by atoms with Gasteiger partial charge in [-0.25, -0.2) is 0 Å². The van der Waals surface area contributed by atoms with Crippen molar-refractivity contribution in [3.05, 3.63) is 65.2 Å². The fourth-order valence-electron chi connectivity index (χ4n) is 2.40. The molecule has 0 saturated heterocycles. The zero-order chi connectivity index (χ0) is 13.1. The maximum atomic E-state index is 9.15. The topological polar surface area (TPSA) is 35.8 Å². The number of nitriles is 1. The smallest absolute Gasteiger partial charge is 0.101 e. The number of nitrogens with one attached hydrogen (secondary N) is 1. The molecule has 1 atom stereocenters. The number of rotatable bonds is 2. The van der Waals surface area contributed by atoms with E-state index in [2.05, 4.69) is 35.7 Å². The third-order valence-electron chi connectivity index (χ3n) is 3.35. The Bertz CT molecular complexity index is 631. The van der Waals surface area contributed by atoms with Gasteiger partial charge in [0, 0.05) is 11.5 Å². The molecule has 94 valence electrons. The molecule has 0 aromatic heterocycles. The van der Waals surface area contributed by atoms with Gasteiger partial charge in [-0.05, 0) is 23.3 Å². The fourth-order valence-corrected chi connectivity index (χ4v) is 3.49. The van der Waals surface area contributed by atoms with Crippen molar-refractivity contribution < 1.29 is 0 Å². The highest BCUT2D eigenvalue weighted by Crippen LogP contribution is 2.34. The minimum Gasteiger partial charge on any atom is -0.376 e. The van der Waals surface area contributed by atoms with Gasteiger partial charge in [0.15, 0.2) is 0 Å². The number of benzene rings is 2. The van der Waals surface area contributed by atoms with Gasteiger partial charge in [0.05, 0.1) is 17.3 Å². The van der Waals surface area contributed by atoms with Crippen LogP contribution in [0.3, 0.4) is 0 Å². The Morgan fingerprint density at radius 3 is 2.79 bits per heavy atom. The normalized spacial score (nSPS) is 17.3. The maximum Gasteiger partial charge on any atom is 0.101 e. The van der Waals surface area contributed by atoms with Crippen LogP contribution in [0.15, 0.2) is 48.5 Å². The summed E-state index contributed by atoms with van der Waals surface area (Å²) in [7, 11) is 0. The lowest BCUT2D eigenvalue weighted by Gasteiger charge is -2.27. The Kier molecular flexibility index (Phi) is 3.43. The monoisotopic (exact) mass is 266 g/mol. The lowest BCUT2D eigenvalue weighted by molar-refractivity contribution is 0.870. The van der Waals surface area contributed by atoms with Crippen LogP contribution in [0.4, 0.5) is 5.69 Å². The first-order valence-corrected chi connectivity index (χ1v) is 7.45. The molecule has 0 amide bonds.